The fraction of sp³-hybridized carbons (Fsp3) is 0.357. The van der Waals surface area contributed by atoms with Crippen molar-refractivity contribution in [2.45, 2.75) is 26.3 Å². The monoisotopic (exact) mass is 229 g/mol. The van der Waals surface area contributed by atoms with Crippen LogP contribution in [0.4, 0.5) is 0 Å². The van der Waals surface area contributed by atoms with Crippen molar-refractivity contribution in [3.8, 4) is 11.3 Å². The Morgan fingerprint density at radius 3 is 2.53 bits per heavy atom. The molecule has 0 aliphatic carbocycles. The van der Waals surface area contributed by atoms with Crippen LogP contribution in [-0.2, 0) is 13.5 Å². The second-order valence-corrected chi connectivity index (χ2v) is 4.69. The van der Waals surface area contributed by atoms with E-state index in [2.05, 4.69) is 42.4 Å². The molecule has 1 unspecified atom stereocenters. The van der Waals surface area contributed by atoms with E-state index in [1.54, 1.807) is 0 Å². The lowest BCUT2D eigenvalue weighted by Gasteiger charge is -2.01. The molecule has 1 atom stereocenters. The SMILES string of the molecule is Cc1ccc(-c2cc(CC(C)N)nn2C)cc1. The number of hydrogen-bond acceptors (Lipinski definition) is 2. The van der Waals surface area contributed by atoms with Crippen molar-refractivity contribution < 1.29 is 0 Å². The van der Waals surface area contributed by atoms with Crippen LogP contribution in [0.3, 0.4) is 0 Å². The first-order valence-electron chi connectivity index (χ1n) is 5.92. The Hall–Kier alpha value is -1.61. The third-order valence-electron chi connectivity index (χ3n) is 2.81. The zero-order chi connectivity index (χ0) is 12.4. The highest BCUT2D eigenvalue weighted by atomic mass is 15.3. The predicted octanol–water partition coefficient (Wildman–Crippen LogP) is 2.29. The molecule has 0 aliphatic rings. The van der Waals surface area contributed by atoms with E-state index >= 15 is 0 Å². The van der Waals surface area contributed by atoms with Gasteiger partial charge in [-0.3, -0.25) is 4.68 Å². The van der Waals surface area contributed by atoms with Gasteiger partial charge in [-0.2, -0.15) is 5.10 Å². The molecule has 0 aliphatic heterocycles. The van der Waals surface area contributed by atoms with Crippen LogP contribution in [0, 0.1) is 6.92 Å². The molecule has 0 saturated carbocycles. The summed E-state index contributed by atoms with van der Waals surface area (Å²) in [6.45, 7) is 4.09. The van der Waals surface area contributed by atoms with Crippen LogP contribution in [0.1, 0.15) is 18.2 Å². The highest BCUT2D eigenvalue weighted by Gasteiger charge is 2.08. The van der Waals surface area contributed by atoms with Gasteiger partial charge in [-0.25, -0.2) is 0 Å². The molecule has 2 aromatic rings. The fourth-order valence-corrected chi connectivity index (χ4v) is 1.95. The van der Waals surface area contributed by atoms with E-state index in [9.17, 15) is 0 Å². The van der Waals surface area contributed by atoms with Gasteiger partial charge >= 0.3 is 0 Å². The van der Waals surface area contributed by atoms with Crippen LogP contribution in [0.15, 0.2) is 30.3 Å². The maximum atomic E-state index is 5.79. The Bertz CT molecular complexity index is 495. The molecule has 0 spiro atoms. The third-order valence-corrected chi connectivity index (χ3v) is 2.81. The molecule has 0 bridgehead atoms. The lowest BCUT2D eigenvalue weighted by molar-refractivity contribution is 0.687. The fourth-order valence-electron chi connectivity index (χ4n) is 1.95. The second kappa shape index (κ2) is 4.72. The molecule has 0 amide bonds. The van der Waals surface area contributed by atoms with Gasteiger partial charge in [-0.15, -0.1) is 0 Å². The van der Waals surface area contributed by atoms with E-state index < -0.39 is 0 Å². The molecule has 1 aromatic heterocycles. The maximum absolute atomic E-state index is 5.79. The summed E-state index contributed by atoms with van der Waals surface area (Å²) in [7, 11) is 1.97. The number of benzene rings is 1. The first kappa shape index (κ1) is 11.9. The predicted molar refractivity (Wildman–Crippen MR) is 70.7 cm³/mol. The molecule has 3 nitrogen and oxygen atoms in total. The maximum Gasteiger partial charge on any atom is 0.0681 e. The molecule has 1 heterocycles. The lowest BCUT2D eigenvalue weighted by atomic mass is 10.1. The number of hydrogen-bond donors (Lipinski definition) is 1. The Kier molecular flexibility index (Phi) is 3.29. The Morgan fingerprint density at radius 2 is 1.94 bits per heavy atom. The highest BCUT2D eigenvalue weighted by molar-refractivity contribution is 5.60. The zero-order valence-corrected chi connectivity index (χ0v) is 10.6. The van der Waals surface area contributed by atoms with Crippen molar-refractivity contribution in [2.24, 2.45) is 12.8 Å². The largest absolute Gasteiger partial charge is 0.328 e. The van der Waals surface area contributed by atoms with E-state index in [1.807, 2.05) is 18.7 Å². The second-order valence-electron chi connectivity index (χ2n) is 4.69. The molecule has 17 heavy (non-hydrogen) atoms. The minimum atomic E-state index is 0.149. The molecule has 2 N–H and O–H groups in total. The van der Waals surface area contributed by atoms with Gasteiger partial charge in [0.05, 0.1) is 11.4 Å². The number of rotatable bonds is 3. The van der Waals surface area contributed by atoms with E-state index in [1.165, 1.54) is 11.1 Å². The molecule has 3 heteroatoms. The van der Waals surface area contributed by atoms with Crippen molar-refractivity contribution in [1.82, 2.24) is 9.78 Å². The smallest absolute Gasteiger partial charge is 0.0681 e. The molecule has 90 valence electrons. The van der Waals surface area contributed by atoms with Gasteiger partial charge in [0.15, 0.2) is 0 Å². The van der Waals surface area contributed by atoms with Crippen molar-refractivity contribution in [3.05, 3.63) is 41.6 Å². The van der Waals surface area contributed by atoms with E-state index in [0.29, 0.717) is 0 Å². The normalized spacial score (nSPS) is 12.7. The van der Waals surface area contributed by atoms with Gasteiger partial charge in [0.2, 0.25) is 0 Å². The van der Waals surface area contributed by atoms with Crippen molar-refractivity contribution in [2.75, 3.05) is 0 Å². The Labute approximate surface area is 102 Å². The van der Waals surface area contributed by atoms with Crippen molar-refractivity contribution in [1.29, 1.82) is 0 Å². The number of aromatic nitrogens is 2. The van der Waals surface area contributed by atoms with Crippen LogP contribution >= 0.6 is 0 Å². The highest BCUT2D eigenvalue weighted by Crippen LogP contribution is 2.20. The summed E-state index contributed by atoms with van der Waals surface area (Å²) in [6, 6.07) is 10.8. The molecule has 0 radical (unpaired) electrons. The van der Waals surface area contributed by atoms with Crippen LogP contribution in [0.25, 0.3) is 11.3 Å². The van der Waals surface area contributed by atoms with Gasteiger partial charge in [-0.1, -0.05) is 29.8 Å². The standard InChI is InChI=1S/C14H19N3/c1-10-4-6-12(7-5-10)14-9-13(8-11(2)15)16-17(14)3/h4-7,9,11H,8,15H2,1-3H3. The molecule has 2 rings (SSSR count). The number of aryl methyl sites for hydroxylation is 2. The van der Waals surface area contributed by atoms with E-state index in [0.717, 1.165) is 17.8 Å². The Balaban J connectivity index is 2.32. The van der Waals surface area contributed by atoms with Gasteiger partial charge in [0.1, 0.15) is 0 Å². The van der Waals surface area contributed by atoms with E-state index in [-0.39, 0.29) is 6.04 Å². The van der Waals surface area contributed by atoms with E-state index in [4.69, 9.17) is 5.73 Å². The lowest BCUT2D eigenvalue weighted by Crippen LogP contribution is -2.18. The molecule has 0 fully saturated rings. The topological polar surface area (TPSA) is 43.8 Å². The van der Waals surface area contributed by atoms with Crippen LogP contribution in [0.5, 0.6) is 0 Å². The minimum absolute atomic E-state index is 0.149. The summed E-state index contributed by atoms with van der Waals surface area (Å²) in [4.78, 5) is 0. The van der Waals surface area contributed by atoms with Crippen molar-refractivity contribution in [3.63, 3.8) is 0 Å². The van der Waals surface area contributed by atoms with Gasteiger partial charge in [-0.05, 0) is 25.5 Å². The quantitative estimate of drug-likeness (QED) is 0.877. The van der Waals surface area contributed by atoms with Crippen LogP contribution in [-0.4, -0.2) is 15.8 Å². The summed E-state index contributed by atoms with van der Waals surface area (Å²) in [6.07, 6.45) is 0.819. The molecular weight excluding hydrogens is 210 g/mol. The Morgan fingerprint density at radius 1 is 1.29 bits per heavy atom. The van der Waals surface area contributed by atoms with Gasteiger partial charge in [0, 0.05) is 19.5 Å². The van der Waals surface area contributed by atoms with Crippen molar-refractivity contribution >= 4 is 0 Å². The average molecular weight is 229 g/mol. The summed E-state index contributed by atoms with van der Waals surface area (Å²) in [5.41, 5.74) is 10.5. The van der Waals surface area contributed by atoms with Gasteiger partial charge < -0.3 is 5.73 Å². The molecule has 1 aromatic carbocycles. The zero-order valence-electron chi connectivity index (χ0n) is 10.6. The summed E-state index contributed by atoms with van der Waals surface area (Å²) >= 11 is 0. The summed E-state index contributed by atoms with van der Waals surface area (Å²) < 4.78 is 1.92. The summed E-state index contributed by atoms with van der Waals surface area (Å²) in [5, 5.41) is 4.49. The average Bonchev–Trinajstić information content (AvgIpc) is 2.59. The van der Waals surface area contributed by atoms with Crippen LogP contribution in [0.2, 0.25) is 0 Å². The first-order valence-corrected chi connectivity index (χ1v) is 5.92. The third kappa shape index (κ3) is 2.74. The minimum Gasteiger partial charge on any atom is -0.328 e. The number of nitrogens with two attached hydrogens (primary N) is 1. The van der Waals surface area contributed by atoms with Gasteiger partial charge in [0.25, 0.3) is 0 Å². The first-order chi connectivity index (χ1) is 8.06. The molecule has 0 saturated heterocycles. The summed E-state index contributed by atoms with van der Waals surface area (Å²) in [5.74, 6) is 0. The van der Waals surface area contributed by atoms with Crippen LogP contribution < -0.4 is 5.73 Å². The molecular formula is C14H19N3. The number of nitrogens with zero attached hydrogens (tertiary/aromatic N) is 2.